The topological polar surface area (TPSA) is 60.7 Å². The third kappa shape index (κ3) is 9.80. The average Bonchev–Trinajstić information content (AvgIpc) is 2.51. The maximum atomic E-state index is 7.27. The second-order valence-electron chi connectivity index (χ2n) is 2.79. The van der Waals surface area contributed by atoms with Crippen LogP contribution in [-0.4, -0.2) is 12.6 Å². The van der Waals surface area contributed by atoms with Crippen LogP contribution in [0, 0.1) is 0 Å². The van der Waals surface area contributed by atoms with Gasteiger partial charge in [-0.2, -0.15) is 0 Å². The summed E-state index contributed by atoms with van der Waals surface area (Å²) in [5.74, 6) is 0. The number of rotatable bonds is 3. The first kappa shape index (κ1) is 12.9. The molecule has 0 heterocycles. The van der Waals surface area contributed by atoms with Gasteiger partial charge >= 0.3 is 27.5 Å². The van der Waals surface area contributed by atoms with Crippen LogP contribution < -0.4 is 0 Å². The van der Waals surface area contributed by atoms with Crippen LogP contribution in [0.2, 0.25) is 0 Å². The van der Waals surface area contributed by atoms with Gasteiger partial charge in [0.25, 0.3) is 0 Å². The molecule has 4 heteroatoms. The third-order valence-electron chi connectivity index (χ3n) is 1.70. The molecule has 0 bridgehead atoms. The predicted octanol–water partition coefficient (Wildman–Crippen LogP) is 1.39. The summed E-state index contributed by atoms with van der Waals surface area (Å²) in [6.45, 7) is 2.24. The van der Waals surface area contributed by atoms with Gasteiger partial charge in [-0.05, 0) is 19.3 Å². The van der Waals surface area contributed by atoms with Crippen molar-refractivity contribution in [3.05, 3.63) is 23.8 Å². The second-order valence-corrected chi connectivity index (χ2v) is 3.50. The van der Waals surface area contributed by atoms with Crippen molar-refractivity contribution in [2.75, 3.05) is 0 Å². The van der Waals surface area contributed by atoms with Gasteiger partial charge in [0.15, 0.2) is 0 Å². The molecule has 0 amide bonds. The second kappa shape index (κ2) is 8.48. The van der Waals surface area contributed by atoms with Crippen LogP contribution in [0.4, 0.5) is 0 Å². The van der Waals surface area contributed by atoms with Crippen LogP contribution >= 0.6 is 0 Å². The molecule has 0 unspecified atom stereocenters. The molecule has 78 valence electrons. The fourth-order valence-electron chi connectivity index (χ4n) is 1.08. The third-order valence-corrected chi connectivity index (χ3v) is 1.70. The van der Waals surface area contributed by atoms with E-state index in [4.69, 9.17) is 12.6 Å². The number of unbranched alkanes of at least 4 members (excludes halogenated alkanes) is 1. The van der Waals surface area contributed by atoms with Crippen molar-refractivity contribution in [1.82, 2.24) is 0 Å². The minimum absolute atomic E-state index is 1.21. The molecule has 0 aliphatic heterocycles. The summed E-state index contributed by atoms with van der Waals surface area (Å²) in [5.41, 5.74) is 1.61. The maximum absolute atomic E-state index is 7.27. The molecule has 3 nitrogen and oxygen atoms in total. The molecule has 1 rings (SSSR count). The first-order chi connectivity index (χ1) is 6.16. The van der Waals surface area contributed by atoms with E-state index >= 15 is 0 Å². The Morgan fingerprint density at radius 3 is 2.38 bits per heavy atom. The zero-order chi connectivity index (χ0) is 10.1. The number of hydrogen-bond donors (Lipinski definition) is 3. The summed E-state index contributed by atoms with van der Waals surface area (Å²) in [4.78, 5) is 0. The van der Waals surface area contributed by atoms with Gasteiger partial charge in [0.05, 0.1) is 0 Å². The molecule has 0 aromatic heterocycles. The van der Waals surface area contributed by atoms with Crippen LogP contribution in [0.3, 0.4) is 0 Å². The van der Waals surface area contributed by atoms with E-state index in [2.05, 4.69) is 25.2 Å². The van der Waals surface area contributed by atoms with E-state index in [-0.39, 0.29) is 0 Å². The predicted molar refractivity (Wildman–Crippen MR) is 48.0 cm³/mol. The van der Waals surface area contributed by atoms with Crippen molar-refractivity contribution in [3.63, 3.8) is 0 Å². The molecule has 13 heavy (non-hydrogen) atoms. The van der Waals surface area contributed by atoms with Crippen molar-refractivity contribution in [3.8, 4) is 0 Å². The fourth-order valence-corrected chi connectivity index (χ4v) is 1.08. The van der Waals surface area contributed by atoms with Crippen molar-refractivity contribution >= 4 is 0 Å². The first-order valence-corrected chi connectivity index (χ1v) is 5.87. The van der Waals surface area contributed by atoms with Crippen LogP contribution in [0.25, 0.3) is 0 Å². The summed E-state index contributed by atoms with van der Waals surface area (Å²) in [7, 11) is 0. The van der Waals surface area contributed by atoms with Crippen molar-refractivity contribution in [2.45, 2.75) is 32.6 Å². The summed E-state index contributed by atoms with van der Waals surface area (Å²) in [5, 5.41) is 0. The van der Waals surface area contributed by atoms with Crippen LogP contribution in [0.5, 0.6) is 0 Å². The van der Waals surface area contributed by atoms with E-state index < -0.39 is 14.9 Å². The van der Waals surface area contributed by atoms with Gasteiger partial charge in [-0.25, -0.2) is 0 Å². The van der Waals surface area contributed by atoms with E-state index in [0.29, 0.717) is 0 Å². The molecule has 3 N–H and O–H groups in total. The summed E-state index contributed by atoms with van der Waals surface area (Å²) < 4.78 is 21.8. The summed E-state index contributed by atoms with van der Waals surface area (Å²) in [6, 6.07) is 0. The molecule has 0 atom stereocenters. The molecule has 0 aromatic rings. The number of hydrogen-bond acceptors (Lipinski definition) is 3. The van der Waals surface area contributed by atoms with Gasteiger partial charge < -0.3 is 0 Å². The van der Waals surface area contributed by atoms with Gasteiger partial charge in [0, 0.05) is 0 Å². The van der Waals surface area contributed by atoms with Crippen molar-refractivity contribution in [2.24, 2.45) is 0 Å². The zero-order valence-electron chi connectivity index (χ0n) is 7.78. The van der Waals surface area contributed by atoms with E-state index in [1.807, 2.05) is 0 Å². The Hall–Kier alpha value is -0.121. The molecular weight excluding hydrogens is 211 g/mol. The summed E-state index contributed by atoms with van der Waals surface area (Å²) >= 11 is -2.90. The molecule has 1 aliphatic rings. The van der Waals surface area contributed by atoms with E-state index in [1.165, 1.54) is 25.7 Å². The quantitative estimate of drug-likeness (QED) is 0.640. The van der Waals surface area contributed by atoms with E-state index in [0.717, 1.165) is 0 Å². The minimum atomic E-state index is -2.90. The van der Waals surface area contributed by atoms with Gasteiger partial charge in [0.1, 0.15) is 0 Å². The van der Waals surface area contributed by atoms with Gasteiger partial charge in [-0.1, -0.05) is 37.1 Å². The fraction of sp³-hybridized carbons (Fsp3) is 0.556. The van der Waals surface area contributed by atoms with Crippen molar-refractivity contribution < 1.29 is 27.5 Å². The molecule has 0 spiro atoms. The van der Waals surface area contributed by atoms with E-state index in [9.17, 15) is 0 Å². The van der Waals surface area contributed by atoms with E-state index in [1.54, 1.807) is 5.57 Å². The monoisotopic (exact) mass is 228 g/mol. The Kier molecular flexibility index (Phi) is 8.40. The Labute approximate surface area is 84.3 Å². The standard InChI is InChI=1S/C9H14.Mn.3H2O/c1-2-3-6-9-7-4-5-8-9;;;;/h4-5,7H,2-3,6,8H2,1H3;;3*1H2/q;+3;;;/p-3. The average molecular weight is 228 g/mol. The van der Waals surface area contributed by atoms with Crippen LogP contribution in [0.15, 0.2) is 23.8 Å². The van der Waals surface area contributed by atoms with Gasteiger partial charge in [-0.3, -0.25) is 0 Å². The number of allylic oxidation sites excluding steroid dienone is 4. The molecular formula is C9H17MnO3. The molecule has 0 saturated heterocycles. The normalized spacial score (nSPS) is 14.8. The Morgan fingerprint density at radius 2 is 2.00 bits per heavy atom. The van der Waals surface area contributed by atoms with Crippen LogP contribution in [0.1, 0.15) is 32.6 Å². The SMILES string of the molecule is CCCCC1=CC=CC1.[OH][Mn]([OH])[OH]. The van der Waals surface area contributed by atoms with Crippen LogP contribution in [-0.2, 0) is 14.9 Å². The molecule has 0 aromatic carbocycles. The molecule has 0 fully saturated rings. The van der Waals surface area contributed by atoms with Crippen molar-refractivity contribution in [1.29, 1.82) is 0 Å². The first-order valence-electron chi connectivity index (χ1n) is 4.28. The molecule has 1 aliphatic carbocycles. The summed E-state index contributed by atoms with van der Waals surface area (Å²) in [6.07, 6.45) is 11.8. The van der Waals surface area contributed by atoms with Gasteiger partial charge in [-0.15, -0.1) is 0 Å². The Bertz CT molecular complexity index is 173. The molecule has 0 radical (unpaired) electrons. The zero-order valence-corrected chi connectivity index (χ0v) is 8.96. The molecule has 0 saturated carbocycles. The Balaban J connectivity index is 0.000000310. The van der Waals surface area contributed by atoms with Gasteiger partial charge in [0.2, 0.25) is 0 Å². The Morgan fingerprint density at radius 1 is 1.38 bits per heavy atom.